The Morgan fingerprint density at radius 2 is 2.10 bits per heavy atom. The van der Waals surface area contributed by atoms with Gasteiger partial charge in [0, 0.05) is 39.4 Å². The van der Waals surface area contributed by atoms with Crippen molar-refractivity contribution in [1.29, 1.82) is 0 Å². The first kappa shape index (κ1) is 19.1. The maximum absolute atomic E-state index is 12.0. The van der Waals surface area contributed by atoms with Gasteiger partial charge in [-0.3, -0.25) is 4.98 Å². The van der Waals surface area contributed by atoms with Crippen LogP contribution in [0.4, 0.5) is 0 Å². The van der Waals surface area contributed by atoms with Crippen LogP contribution in [0.15, 0.2) is 60.9 Å². The van der Waals surface area contributed by atoms with Crippen molar-refractivity contribution in [3.63, 3.8) is 0 Å². The van der Waals surface area contributed by atoms with E-state index in [-0.39, 0.29) is 12.3 Å². The van der Waals surface area contributed by atoms with E-state index in [9.17, 15) is 9.90 Å². The first-order valence-corrected chi connectivity index (χ1v) is 9.50. The zero-order valence-electron chi connectivity index (χ0n) is 15.6. The summed E-state index contributed by atoms with van der Waals surface area (Å²) in [5.41, 5.74) is 3.44. The van der Waals surface area contributed by atoms with E-state index in [1.807, 2.05) is 18.2 Å². The van der Waals surface area contributed by atoms with Crippen molar-refractivity contribution in [3.05, 3.63) is 82.9 Å². The summed E-state index contributed by atoms with van der Waals surface area (Å²) in [6.07, 6.45) is 2.32. The number of ether oxygens (including phenoxy) is 1. The Kier molecular flexibility index (Phi) is 5.29. The summed E-state index contributed by atoms with van der Waals surface area (Å²) in [5.74, 6) is -0.528. The molecule has 0 spiro atoms. The summed E-state index contributed by atoms with van der Waals surface area (Å²) in [6, 6.07) is 14.1. The number of aromatic nitrogens is 3. The van der Waals surface area contributed by atoms with Gasteiger partial charge in [-0.15, -0.1) is 0 Å². The summed E-state index contributed by atoms with van der Waals surface area (Å²) in [7, 11) is 0. The van der Waals surface area contributed by atoms with E-state index in [1.54, 1.807) is 49.6 Å². The molecule has 29 heavy (non-hydrogen) atoms. The van der Waals surface area contributed by atoms with Crippen LogP contribution in [0.2, 0.25) is 5.02 Å². The third-order valence-corrected chi connectivity index (χ3v) is 4.79. The van der Waals surface area contributed by atoms with Gasteiger partial charge in [0.25, 0.3) is 0 Å². The number of nitrogens with zero attached hydrogens (tertiary/aromatic N) is 2. The summed E-state index contributed by atoms with van der Waals surface area (Å²) in [4.78, 5) is 23.9. The number of benzene rings is 1. The molecule has 1 aromatic carbocycles. The monoisotopic (exact) mass is 407 g/mol. The second-order valence-electron chi connectivity index (χ2n) is 6.42. The van der Waals surface area contributed by atoms with E-state index in [1.165, 1.54) is 0 Å². The number of rotatable bonds is 5. The molecule has 0 fully saturated rings. The number of fused-ring (bicyclic) bond motifs is 1. The summed E-state index contributed by atoms with van der Waals surface area (Å²) in [6.45, 7) is 1.98. The molecule has 0 aliphatic rings. The first-order valence-electron chi connectivity index (χ1n) is 9.12. The van der Waals surface area contributed by atoms with Crippen LogP contribution in [0.5, 0.6) is 0 Å². The maximum Gasteiger partial charge on any atom is 0.356 e. The Balaban J connectivity index is 1.87. The molecule has 4 rings (SSSR count). The van der Waals surface area contributed by atoms with Crippen molar-refractivity contribution in [2.45, 2.75) is 13.0 Å². The standard InChI is InChI=1S/C22H18ClN3O3/c1-2-29-22(28)17-7-3-6-16(25-17)21(27)19-15-9-8-14(23)11-18(15)26-20(19)13-5-4-10-24-12-13/h3-12,21,26-27H,2H2,1H3. The fourth-order valence-corrected chi connectivity index (χ4v) is 3.46. The molecule has 0 saturated carbocycles. The topological polar surface area (TPSA) is 88.1 Å². The molecule has 1 unspecified atom stereocenters. The Morgan fingerprint density at radius 1 is 1.24 bits per heavy atom. The van der Waals surface area contributed by atoms with Gasteiger partial charge in [0.1, 0.15) is 11.8 Å². The molecular weight excluding hydrogens is 390 g/mol. The Labute approximate surface area is 172 Å². The second-order valence-corrected chi connectivity index (χ2v) is 6.85. The number of nitrogens with one attached hydrogen (secondary N) is 1. The van der Waals surface area contributed by atoms with Crippen LogP contribution < -0.4 is 0 Å². The van der Waals surface area contributed by atoms with E-state index >= 15 is 0 Å². The van der Waals surface area contributed by atoms with Crippen molar-refractivity contribution in [2.24, 2.45) is 0 Å². The number of aliphatic hydroxyl groups is 1. The largest absolute Gasteiger partial charge is 0.461 e. The van der Waals surface area contributed by atoms with Gasteiger partial charge in [-0.05, 0) is 43.3 Å². The average Bonchev–Trinajstić information content (AvgIpc) is 3.12. The van der Waals surface area contributed by atoms with Crippen LogP contribution in [0.25, 0.3) is 22.2 Å². The van der Waals surface area contributed by atoms with Crippen LogP contribution >= 0.6 is 11.6 Å². The quantitative estimate of drug-likeness (QED) is 0.474. The van der Waals surface area contributed by atoms with E-state index in [0.29, 0.717) is 22.0 Å². The third kappa shape index (κ3) is 3.72. The highest BCUT2D eigenvalue weighted by molar-refractivity contribution is 6.31. The van der Waals surface area contributed by atoms with Crippen molar-refractivity contribution < 1.29 is 14.6 Å². The molecule has 0 saturated heterocycles. The van der Waals surface area contributed by atoms with Crippen molar-refractivity contribution in [1.82, 2.24) is 15.0 Å². The minimum atomic E-state index is -1.07. The van der Waals surface area contributed by atoms with Gasteiger partial charge < -0.3 is 14.8 Å². The Morgan fingerprint density at radius 3 is 2.86 bits per heavy atom. The molecule has 0 radical (unpaired) electrons. The van der Waals surface area contributed by atoms with Gasteiger partial charge in [0.15, 0.2) is 0 Å². The third-order valence-electron chi connectivity index (χ3n) is 4.56. The van der Waals surface area contributed by atoms with Crippen LogP contribution in [0.1, 0.15) is 34.8 Å². The first-order chi connectivity index (χ1) is 14.1. The van der Waals surface area contributed by atoms with Crippen LogP contribution in [-0.4, -0.2) is 32.6 Å². The van der Waals surface area contributed by atoms with Crippen LogP contribution in [-0.2, 0) is 4.74 Å². The number of halogens is 1. The molecule has 0 bridgehead atoms. The normalized spacial score (nSPS) is 12.1. The molecule has 7 heteroatoms. The number of hydrogen-bond donors (Lipinski definition) is 2. The lowest BCUT2D eigenvalue weighted by molar-refractivity contribution is 0.0518. The number of carbonyl (C=O) groups is 1. The average molecular weight is 408 g/mol. The Bertz CT molecular complexity index is 1170. The predicted octanol–water partition coefficient (Wildman–Crippen LogP) is 4.54. The summed E-state index contributed by atoms with van der Waals surface area (Å²) in [5, 5.41) is 12.6. The number of H-pyrrole nitrogens is 1. The van der Waals surface area contributed by atoms with Crippen molar-refractivity contribution in [2.75, 3.05) is 6.61 Å². The molecule has 0 amide bonds. The Hall–Kier alpha value is -3.22. The number of esters is 1. The van der Waals surface area contributed by atoms with Gasteiger partial charge >= 0.3 is 5.97 Å². The second kappa shape index (κ2) is 8.03. The van der Waals surface area contributed by atoms with E-state index in [0.717, 1.165) is 16.5 Å². The molecule has 1 atom stereocenters. The minimum Gasteiger partial charge on any atom is -0.461 e. The lowest BCUT2D eigenvalue weighted by atomic mass is 9.99. The fourth-order valence-electron chi connectivity index (χ4n) is 3.28. The molecule has 146 valence electrons. The number of aliphatic hydroxyl groups excluding tert-OH is 1. The van der Waals surface area contributed by atoms with Gasteiger partial charge in [-0.2, -0.15) is 0 Å². The van der Waals surface area contributed by atoms with Crippen molar-refractivity contribution >= 4 is 28.5 Å². The highest BCUT2D eigenvalue weighted by Gasteiger charge is 2.23. The molecule has 0 aliphatic carbocycles. The summed E-state index contributed by atoms with van der Waals surface area (Å²) >= 11 is 6.15. The number of aromatic amines is 1. The molecule has 6 nitrogen and oxygen atoms in total. The number of hydrogen-bond acceptors (Lipinski definition) is 5. The summed E-state index contributed by atoms with van der Waals surface area (Å²) < 4.78 is 5.02. The van der Waals surface area contributed by atoms with Gasteiger partial charge in [0.2, 0.25) is 0 Å². The minimum absolute atomic E-state index is 0.147. The molecule has 3 heterocycles. The van der Waals surface area contributed by atoms with Crippen molar-refractivity contribution in [3.8, 4) is 11.3 Å². The SMILES string of the molecule is CCOC(=O)c1cccc(C(O)c2c(-c3cccnc3)[nH]c3cc(Cl)ccc23)n1. The predicted molar refractivity (Wildman–Crippen MR) is 111 cm³/mol. The zero-order chi connectivity index (χ0) is 20.4. The van der Waals surface area contributed by atoms with Gasteiger partial charge in [-0.1, -0.05) is 23.7 Å². The highest BCUT2D eigenvalue weighted by atomic mass is 35.5. The molecule has 2 N–H and O–H groups in total. The number of carbonyl (C=O) groups excluding carboxylic acids is 1. The van der Waals surface area contributed by atoms with E-state index < -0.39 is 12.1 Å². The van der Waals surface area contributed by atoms with Gasteiger partial charge in [-0.25, -0.2) is 9.78 Å². The molecule has 3 aromatic heterocycles. The molecule has 0 aliphatic heterocycles. The van der Waals surface area contributed by atoms with Crippen LogP contribution in [0, 0.1) is 0 Å². The highest BCUT2D eigenvalue weighted by Crippen LogP contribution is 2.37. The fraction of sp³-hybridized carbons (Fsp3) is 0.136. The number of pyridine rings is 2. The maximum atomic E-state index is 12.0. The van der Waals surface area contributed by atoms with E-state index in [4.69, 9.17) is 16.3 Å². The van der Waals surface area contributed by atoms with E-state index in [2.05, 4.69) is 15.0 Å². The molecular formula is C22H18ClN3O3. The smallest absolute Gasteiger partial charge is 0.356 e. The lowest BCUT2D eigenvalue weighted by Crippen LogP contribution is -2.11. The lowest BCUT2D eigenvalue weighted by Gasteiger charge is -2.13. The van der Waals surface area contributed by atoms with Gasteiger partial charge in [0.05, 0.1) is 18.0 Å². The zero-order valence-corrected chi connectivity index (χ0v) is 16.3. The van der Waals surface area contributed by atoms with Crippen LogP contribution in [0.3, 0.4) is 0 Å². The molecule has 4 aromatic rings.